The molecule has 2 N–H and O–H groups in total. The first-order valence-electron chi connectivity index (χ1n) is 13.1. The van der Waals surface area contributed by atoms with Gasteiger partial charge in [0.1, 0.15) is 53.0 Å². The molecule has 7 heteroatoms. The predicted octanol–water partition coefficient (Wildman–Crippen LogP) is 6.25. The van der Waals surface area contributed by atoms with Gasteiger partial charge in [-0.25, -0.2) is 0 Å². The number of aryl methyl sites for hydroxylation is 1. The van der Waals surface area contributed by atoms with Gasteiger partial charge in [-0.05, 0) is 75.7 Å². The molecule has 0 bridgehead atoms. The maximum Gasteiger partial charge on any atom is 0.146 e. The van der Waals surface area contributed by atoms with Gasteiger partial charge >= 0.3 is 0 Å². The lowest BCUT2D eigenvalue weighted by Crippen LogP contribution is -2.46. The van der Waals surface area contributed by atoms with Crippen LogP contribution >= 0.6 is 0 Å². The van der Waals surface area contributed by atoms with Crippen molar-refractivity contribution in [2.24, 2.45) is 5.92 Å². The maximum absolute atomic E-state index is 9.34. The fourth-order valence-corrected chi connectivity index (χ4v) is 5.51. The Bertz CT molecular complexity index is 1550. The molecule has 3 aromatic heterocycles. The van der Waals surface area contributed by atoms with Gasteiger partial charge in [-0.15, -0.1) is 0 Å². The van der Waals surface area contributed by atoms with E-state index in [2.05, 4.69) is 23.3 Å². The summed E-state index contributed by atoms with van der Waals surface area (Å²) in [5.41, 5.74) is 3.00. The minimum absolute atomic E-state index is 0.134. The average Bonchev–Trinajstić information content (AvgIpc) is 3.53. The van der Waals surface area contributed by atoms with Crippen molar-refractivity contribution in [2.75, 3.05) is 13.1 Å². The van der Waals surface area contributed by atoms with Crippen LogP contribution in [0.2, 0.25) is 0 Å². The summed E-state index contributed by atoms with van der Waals surface area (Å²) in [6.45, 7) is 6.30. The zero-order valence-electron chi connectivity index (χ0n) is 21.7. The third-order valence-corrected chi connectivity index (χ3v) is 7.71. The summed E-state index contributed by atoms with van der Waals surface area (Å²) in [7, 11) is 0. The van der Waals surface area contributed by atoms with Gasteiger partial charge in [0.05, 0.1) is 5.39 Å². The number of fused-ring (bicyclic) bond motifs is 2. The topological polar surface area (TPSA) is 89.9 Å². The fraction of sp³-hybridized carbons (Fsp3) is 0.323. The number of aliphatic hydroxyl groups excluding tert-OH is 1. The molecule has 0 radical (unpaired) electrons. The third-order valence-electron chi connectivity index (χ3n) is 7.71. The Morgan fingerprint density at radius 3 is 2.82 bits per heavy atom. The largest absolute Gasteiger partial charge is 0.486 e. The molecule has 7 nitrogen and oxygen atoms in total. The second-order valence-electron chi connectivity index (χ2n) is 10.1. The molecule has 38 heavy (non-hydrogen) atoms. The van der Waals surface area contributed by atoms with E-state index in [4.69, 9.17) is 18.3 Å². The van der Waals surface area contributed by atoms with Crippen molar-refractivity contribution in [1.29, 1.82) is 0 Å². The standard InChI is InChI=1S/C31H32N2O5/c1-20-29(19-35-24-10-11-26-21(14-24)15-25(18-34)36-26)37-27-8-3-9-28(30(20)27)38-31(2,22-6-4-12-32-16-22)23-7-5-13-33-17-23/h3-4,6,8-12,14-16,23,33-34H,5,7,13,17-19H2,1-2H3. The normalized spacial score (nSPS) is 17.5. The SMILES string of the molecule is Cc1c(COc2ccc3oc(CO)cc3c2)oc2cccc(OC(C)(c3cccnc3)C3CCCNC3)c12. The van der Waals surface area contributed by atoms with Crippen molar-refractivity contribution < 1.29 is 23.4 Å². The molecule has 6 rings (SSSR count). The first-order valence-corrected chi connectivity index (χ1v) is 13.1. The van der Waals surface area contributed by atoms with Crippen molar-refractivity contribution in [2.45, 2.75) is 45.5 Å². The number of nitrogens with zero attached hydrogens (tertiary/aromatic N) is 1. The third kappa shape index (κ3) is 4.52. The number of aliphatic hydroxyl groups is 1. The number of nitrogens with one attached hydrogen (secondary N) is 1. The van der Waals surface area contributed by atoms with Crippen molar-refractivity contribution in [3.8, 4) is 11.5 Å². The molecule has 1 aliphatic rings. The van der Waals surface area contributed by atoms with E-state index < -0.39 is 5.60 Å². The van der Waals surface area contributed by atoms with E-state index in [1.165, 1.54) is 0 Å². The number of pyridine rings is 1. The molecule has 2 atom stereocenters. The van der Waals surface area contributed by atoms with Crippen LogP contribution in [0.5, 0.6) is 11.5 Å². The van der Waals surface area contributed by atoms with E-state index in [0.29, 0.717) is 23.0 Å². The summed E-state index contributed by atoms with van der Waals surface area (Å²) >= 11 is 0. The Kier molecular flexibility index (Phi) is 6.55. The van der Waals surface area contributed by atoms with Crippen molar-refractivity contribution in [3.05, 3.63) is 89.6 Å². The van der Waals surface area contributed by atoms with Crippen LogP contribution < -0.4 is 14.8 Å². The van der Waals surface area contributed by atoms with E-state index in [0.717, 1.165) is 64.9 Å². The Morgan fingerprint density at radius 2 is 2.03 bits per heavy atom. The van der Waals surface area contributed by atoms with Gasteiger partial charge in [-0.2, -0.15) is 0 Å². The van der Waals surface area contributed by atoms with Crippen LogP contribution in [0.25, 0.3) is 21.9 Å². The van der Waals surface area contributed by atoms with Crippen LogP contribution in [0.1, 0.15) is 42.4 Å². The van der Waals surface area contributed by atoms with E-state index in [1.807, 2.05) is 61.7 Å². The lowest BCUT2D eigenvalue weighted by atomic mass is 9.79. The number of aromatic nitrogens is 1. The maximum atomic E-state index is 9.34. The van der Waals surface area contributed by atoms with Gasteiger partial charge in [0, 0.05) is 41.4 Å². The Hall–Kier alpha value is -3.81. The second kappa shape index (κ2) is 10.2. The summed E-state index contributed by atoms with van der Waals surface area (Å²) in [5.74, 6) is 3.08. The highest BCUT2D eigenvalue weighted by Crippen LogP contribution is 2.42. The van der Waals surface area contributed by atoms with E-state index in [-0.39, 0.29) is 13.2 Å². The second-order valence-corrected chi connectivity index (χ2v) is 10.1. The number of benzene rings is 2. The molecule has 1 aliphatic heterocycles. The molecular weight excluding hydrogens is 480 g/mol. The Morgan fingerprint density at radius 1 is 1.11 bits per heavy atom. The summed E-state index contributed by atoms with van der Waals surface area (Å²) in [6.07, 6.45) is 5.91. The van der Waals surface area contributed by atoms with E-state index in [9.17, 15) is 5.11 Å². The van der Waals surface area contributed by atoms with Crippen LogP contribution in [0.3, 0.4) is 0 Å². The van der Waals surface area contributed by atoms with Crippen LogP contribution in [0, 0.1) is 12.8 Å². The summed E-state index contributed by atoms with van der Waals surface area (Å²) in [5, 5.41) is 14.7. The van der Waals surface area contributed by atoms with Crippen LogP contribution in [-0.4, -0.2) is 23.2 Å². The van der Waals surface area contributed by atoms with Crippen molar-refractivity contribution in [1.82, 2.24) is 10.3 Å². The summed E-state index contributed by atoms with van der Waals surface area (Å²) in [4.78, 5) is 4.40. The number of furan rings is 2. The van der Waals surface area contributed by atoms with Crippen molar-refractivity contribution in [3.63, 3.8) is 0 Å². The number of hydrogen-bond donors (Lipinski definition) is 2. The van der Waals surface area contributed by atoms with Gasteiger partial charge in [0.25, 0.3) is 0 Å². The van der Waals surface area contributed by atoms with Crippen LogP contribution in [0.4, 0.5) is 0 Å². The molecule has 1 fully saturated rings. The van der Waals surface area contributed by atoms with E-state index in [1.54, 1.807) is 6.20 Å². The average molecular weight is 513 g/mol. The highest BCUT2D eigenvalue weighted by molar-refractivity contribution is 5.88. The highest BCUT2D eigenvalue weighted by atomic mass is 16.5. The van der Waals surface area contributed by atoms with Gasteiger partial charge < -0.3 is 28.7 Å². The number of hydrogen-bond acceptors (Lipinski definition) is 7. The molecule has 0 spiro atoms. The molecule has 0 aliphatic carbocycles. The summed E-state index contributed by atoms with van der Waals surface area (Å²) < 4.78 is 24.9. The minimum Gasteiger partial charge on any atom is -0.486 e. The lowest BCUT2D eigenvalue weighted by Gasteiger charge is -2.40. The fourth-order valence-electron chi connectivity index (χ4n) is 5.51. The number of ether oxygens (including phenoxy) is 2. The highest BCUT2D eigenvalue weighted by Gasteiger charge is 2.40. The monoisotopic (exact) mass is 512 g/mol. The van der Waals surface area contributed by atoms with Gasteiger partial charge in [0.15, 0.2) is 0 Å². The zero-order chi connectivity index (χ0) is 26.1. The van der Waals surface area contributed by atoms with Gasteiger partial charge in [-0.1, -0.05) is 12.1 Å². The summed E-state index contributed by atoms with van der Waals surface area (Å²) in [6, 6.07) is 17.5. The molecule has 0 amide bonds. The van der Waals surface area contributed by atoms with Gasteiger partial charge in [0.2, 0.25) is 0 Å². The quantitative estimate of drug-likeness (QED) is 0.254. The number of piperidine rings is 1. The van der Waals surface area contributed by atoms with Crippen LogP contribution in [0.15, 0.2) is 75.8 Å². The van der Waals surface area contributed by atoms with Crippen LogP contribution in [-0.2, 0) is 18.8 Å². The molecule has 2 unspecified atom stereocenters. The predicted molar refractivity (Wildman–Crippen MR) is 145 cm³/mol. The molecule has 0 saturated carbocycles. The van der Waals surface area contributed by atoms with Crippen molar-refractivity contribution >= 4 is 21.9 Å². The first-order chi connectivity index (χ1) is 18.5. The molecular formula is C31H32N2O5. The minimum atomic E-state index is -0.552. The van der Waals surface area contributed by atoms with E-state index >= 15 is 0 Å². The molecule has 196 valence electrons. The van der Waals surface area contributed by atoms with Gasteiger partial charge in [-0.3, -0.25) is 4.98 Å². The number of rotatable bonds is 8. The molecule has 4 heterocycles. The zero-order valence-corrected chi connectivity index (χ0v) is 21.7. The molecule has 1 saturated heterocycles. The first kappa shape index (κ1) is 24.5. The Labute approximate surface area is 221 Å². The Balaban J connectivity index is 1.30. The smallest absolute Gasteiger partial charge is 0.146 e. The lowest BCUT2D eigenvalue weighted by molar-refractivity contribution is 0.0110. The molecule has 2 aromatic carbocycles. The molecule has 5 aromatic rings.